The molecule has 26 heavy (non-hydrogen) atoms. The van der Waals surface area contributed by atoms with E-state index in [4.69, 9.17) is 4.74 Å². The molecule has 7 nitrogen and oxygen atoms in total. The molecular formula is C16H19F3N4O3. The molecule has 0 bridgehead atoms. The van der Waals surface area contributed by atoms with Crippen LogP contribution in [-0.4, -0.2) is 45.2 Å². The molecule has 3 heterocycles. The highest BCUT2D eigenvalue weighted by Crippen LogP contribution is 2.32. The van der Waals surface area contributed by atoms with Gasteiger partial charge in [-0.2, -0.15) is 22.8 Å². The Labute approximate surface area is 146 Å². The van der Waals surface area contributed by atoms with Crippen LogP contribution in [0.2, 0.25) is 0 Å². The third kappa shape index (κ3) is 3.59. The van der Waals surface area contributed by atoms with Gasteiger partial charge >= 0.3 is 12.1 Å². The summed E-state index contributed by atoms with van der Waals surface area (Å²) in [5, 5.41) is 3.31. The Balaban J connectivity index is 2.10. The Kier molecular flexibility index (Phi) is 5.03. The third-order valence-electron chi connectivity index (χ3n) is 4.26. The maximum atomic E-state index is 13.3. The van der Waals surface area contributed by atoms with Gasteiger partial charge in [0, 0.05) is 18.3 Å². The lowest BCUT2D eigenvalue weighted by Gasteiger charge is -2.26. The van der Waals surface area contributed by atoms with Gasteiger partial charge in [-0.1, -0.05) is 6.42 Å². The van der Waals surface area contributed by atoms with E-state index in [0.717, 1.165) is 32.4 Å². The van der Waals surface area contributed by atoms with Crippen LogP contribution in [0.5, 0.6) is 0 Å². The van der Waals surface area contributed by atoms with Gasteiger partial charge in [0.2, 0.25) is 0 Å². The molecular weight excluding hydrogens is 353 g/mol. The van der Waals surface area contributed by atoms with Crippen molar-refractivity contribution >= 4 is 11.6 Å². The summed E-state index contributed by atoms with van der Waals surface area (Å²) < 4.78 is 45.2. The zero-order chi connectivity index (χ0) is 18.9. The molecule has 0 unspecified atom stereocenters. The van der Waals surface area contributed by atoms with Gasteiger partial charge in [0.05, 0.1) is 6.61 Å². The molecule has 2 aromatic rings. The molecule has 0 atom stereocenters. The topological polar surface area (TPSA) is 79.7 Å². The summed E-state index contributed by atoms with van der Waals surface area (Å²) in [6.07, 6.45) is -1.69. The summed E-state index contributed by atoms with van der Waals surface area (Å²) in [6, 6.07) is 1.21. The second-order valence-electron chi connectivity index (χ2n) is 6.17. The highest BCUT2D eigenvalue weighted by Gasteiger charge is 2.41. The maximum Gasteiger partial charge on any atom is 0.436 e. The van der Waals surface area contributed by atoms with E-state index in [1.807, 2.05) is 0 Å². The zero-order valence-corrected chi connectivity index (χ0v) is 14.2. The average molecular weight is 372 g/mol. The fraction of sp³-hybridized carbons (Fsp3) is 0.562. The molecule has 1 saturated heterocycles. The number of halogens is 3. The first-order valence-electron chi connectivity index (χ1n) is 8.43. The maximum absolute atomic E-state index is 13.3. The lowest BCUT2D eigenvalue weighted by molar-refractivity contribution is -0.141. The molecule has 0 amide bonds. The van der Waals surface area contributed by atoms with Crippen LogP contribution in [-0.2, 0) is 17.5 Å². The number of ether oxygens (including phenoxy) is 1. The first kappa shape index (κ1) is 18.4. The summed E-state index contributed by atoms with van der Waals surface area (Å²) in [7, 11) is 0. The number of fused-ring (bicyclic) bond motifs is 1. The summed E-state index contributed by atoms with van der Waals surface area (Å²) >= 11 is 0. The second kappa shape index (κ2) is 7.10. The molecule has 0 spiro atoms. The van der Waals surface area contributed by atoms with E-state index < -0.39 is 29.0 Å². The Morgan fingerprint density at radius 1 is 1.31 bits per heavy atom. The lowest BCUT2D eigenvalue weighted by atomic mass is 10.1. The van der Waals surface area contributed by atoms with Crippen molar-refractivity contribution in [1.82, 2.24) is 19.5 Å². The largest absolute Gasteiger partial charge is 0.462 e. The summed E-state index contributed by atoms with van der Waals surface area (Å²) in [6.45, 7) is 3.49. The summed E-state index contributed by atoms with van der Waals surface area (Å²) in [5.74, 6) is -1.17. The number of alkyl halides is 3. The normalized spacial score (nSPS) is 16.2. The van der Waals surface area contributed by atoms with Gasteiger partial charge in [-0.15, -0.1) is 0 Å². The van der Waals surface area contributed by atoms with Crippen molar-refractivity contribution in [2.75, 3.05) is 19.7 Å². The van der Waals surface area contributed by atoms with Crippen LogP contribution in [0, 0.1) is 0 Å². The van der Waals surface area contributed by atoms with Crippen LogP contribution >= 0.6 is 0 Å². The molecule has 0 aliphatic carbocycles. The number of aromatic amines is 1. The third-order valence-corrected chi connectivity index (χ3v) is 4.26. The van der Waals surface area contributed by atoms with Crippen molar-refractivity contribution in [3.63, 3.8) is 0 Å². The monoisotopic (exact) mass is 372 g/mol. The predicted octanol–water partition coefficient (Wildman–Crippen LogP) is 2.20. The Bertz CT molecular complexity index is 866. The number of esters is 1. The number of carbonyl (C=O) groups is 1. The van der Waals surface area contributed by atoms with Crippen LogP contribution < -0.4 is 5.56 Å². The van der Waals surface area contributed by atoms with Crippen molar-refractivity contribution in [2.24, 2.45) is 0 Å². The number of nitrogens with one attached hydrogen (secondary N) is 1. The number of aromatic nitrogens is 3. The van der Waals surface area contributed by atoms with E-state index in [1.54, 1.807) is 0 Å². The predicted molar refractivity (Wildman–Crippen MR) is 85.9 cm³/mol. The van der Waals surface area contributed by atoms with Crippen LogP contribution in [0.3, 0.4) is 0 Å². The van der Waals surface area contributed by atoms with E-state index in [2.05, 4.69) is 15.0 Å². The van der Waals surface area contributed by atoms with Crippen LogP contribution in [0.15, 0.2) is 10.9 Å². The average Bonchev–Trinajstić information content (AvgIpc) is 2.96. The first-order chi connectivity index (χ1) is 12.3. The van der Waals surface area contributed by atoms with Gasteiger partial charge in [0.25, 0.3) is 5.56 Å². The lowest BCUT2D eigenvalue weighted by Crippen LogP contribution is -2.30. The molecule has 1 fully saturated rings. The highest BCUT2D eigenvalue weighted by molar-refractivity contribution is 5.97. The Morgan fingerprint density at radius 3 is 2.62 bits per heavy atom. The number of likely N-dealkylation sites (tertiary alicyclic amines) is 1. The minimum absolute atomic E-state index is 0.0921. The van der Waals surface area contributed by atoms with Crippen LogP contribution in [0.1, 0.15) is 47.9 Å². The molecule has 1 aliphatic heterocycles. The molecule has 3 rings (SSSR count). The van der Waals surface area contributed by atoms with Crippen molar-refractivity contribution in [1.29, 1.82) is 0 Å². The number of hydrogen-bond acceptors (Lipinski definition) is 5. The molecule has 1 N–H and O–H groups in total. The van der Waals surface area contributed by atoms with Gasteiger partial charge in [-0.3, -0.25) is 9.69 Å². The Morgan fingerprint density at radius 2 is 2.00 bits per heavy atom. The van der Waals surface area contributed by atoms with E-state index in [9.17, 15) is 22.8 Å². The van der Waals surface area contributed by atoms with Crippen LogP contribution in [0.4, 0.5) is 13.2 Å². The Hall–Kier alpha value is -2.36. The molecule has 0 saturated carbocycles. The number of rotatable bonds is 4. The number of piperidine rings is 1. The van der Waals surface area contributed by atoms with Crippen molar-refractivity contribution in [3.8, 4) is 0 Å². The SMILES string of the molecule is CCOC(=O)c1c(C(F)(F)F)nn2c(=O)cc(CN3CCCCC3)[nH]c12. The van der Waals surface area contributed by atoms with E-state index in [0.29, 0.717) is 16.8 Å². The highest BCUT2D eigenvalue weighted by atomic mass is 19.4. The second-order valence-corrected chi connectivity index (χ2v) is 6.17. The quantitative estimate of drug-likeness (QED) is 0.833. The first-order valence-corrected chi connectivity index (χ1v) is 8.43. The van der Waals surface area contributed by atoms with E-state index >= 15 is 0 Å². The molecule has 142 valence electrons. The molecule has 10 heteroatoms. The van der Waals surface area contributed by atoms with Gasteiger partial charge in [-0.05, 0) is 32.9 Å². The summed E-state index contributed by atoms with van der Waals surface area (Å²) in [4.78, 5) is 29.2. The van der Waals surface area contributed by atoms with Crippen molar-refractivity contribution < 1.29 is 22.7 Å². The molecule has 2 aromatic heterocycles. The fourth-order valence-electron chi connectivity index (χ4n) is 3.13. The smallest absolute Gasteiger partial charge is 0.436 e. The number of H-pyrrole nitrogens is 1. The van der Waals surface area contributed by atoms with Gasteiger partial charge in [0.1, 0.15) is 5.56 Å². The summed E-state index contributed by atoms with van der Waals surface area (Å²) in [5.41, 5.74) is -2.79. The van der Waals surface area contributed by atoms with Crippen LogP contribution in [0.25, 0.3) is 5.65 Å². The molecule has 0 aromatic carbocycles. The fourth-order valence-corrected chi connectivity index (χ4v) is 3.13. The molecule has 1 aliphatic rings. The number of carbonyl (C=O) groups excluding carboxylic acids is 1. The van der Waals surface area contributed by atoms with Gasteiger partial charge in [0.15, 0.2) is 11.3 Å². The van der Waals surface area contributed by atoms with Gasteiger partial charge < -0.3 is 9.72 Å². The van der Waals surface area contributed by atoms with E-state index in [1.165, 1.54) is 13.0 Å². The van der Waals surface area contributed by atoms with Gasteiger partial charge in [-0.25, -0.2) is 4.79 Å². The minimum Gasteiger partial charge on any atom is -0.462 e. The molecule has 0 radical (unpaired) electrons. The number of hydrogen-bond donors (Lipinski definition) is 1. The van der Waals surface area contributed by atoms with E-state index in [-0.39, 0.29) is 12.3 Å². The van der Waals surface area contributed by atoms with Crippen molar-refractivity contribution in [3.05, 3.63) is 33.4 Å². The van der Waals surface area contributed by atoms with Crippen molar-refractivity contribution in [2.45, 2.75) is 38.9 Å². The zero-order valence-electron chi connectivity index (χ0n) is 14.2. The number of nitrogens with zero attached hydrogens (tertiary/aromatic N) is 3. The standard InChI is InChI=1S/C16H19F3N4O3/c1-2-26-15(25)12-13(16(17,18)19)21-23-11(24)8-10(20-14(12)23)9-22-6-4-3-5-7-22/h8,20H,2-7,9H2,1H3. The minimum atomic E-state index is -4.89.